The normalized spacial score (nSPS) is 17.0. The predicted molar refractivity (Wildman–Crippen MR) is 134 cm³/mol. The van der Waals surface area contributed by atoms with Gasteiger partial charge < -0.3 is 10.2 Å². The highest BCUT2D eigenvalue weighted by Gasteiger charge is 2.27. The summed E-state index contributed by atoms with van der Waals surface area (Å²) in [5, 5.41) is 2.93. The minimum atomic E-state index is -3.86. The summed E-state index contributed by atoms with van der Waals surface area (Å²) in [4.78, 5) is 15.5. The molecule has 2 aromatic rings. The fraction of sp³-hybridized carbons (Fsp3) is 0.500. The van der Waals surface area contributed by atoms with Gasteiger partial charge in [0.1, 0.15) is 6.54 Å². The zero-order chi connectivity index (χ0) is 23.7. The van der Waals surface area contributed by atoms with Crippen molar-refractivity contribution in [3.05, 3.63) is 60.2 Å². The number of aryl methyl sites for hydroxylation is 1. The van der Waals surface area contributed by atoms with Gasteiger partial charge in [0.15, 0.2) is 0 Å². The molecule has 0 saturated carbocycles. The zero-order valence-electron chi connectivity index (χ0n) is 19.9. The van der Waals surface area contributed by atoms with E-state index in [1.54, 1.807) is 42.5 Å². The van der Waals surface area contributed by atoms with Crippen LogP contribution in [0.25, 0.3) is 0 Å². The Morgan fingerprint density at radius 1 is 1.06 bits per heavy atom. The van der Waals surface area contributed by atoms with Gasteiger partial charge in [0, 0.05) is 19.1 Å². The second-order valence-electron chi connectivity index (χ2n) is 8.64. The molecule has 1 fully saturated rings. The number of nitrogens with zero attached hydrogens (tertiary/aromatic N) is 2. The van der Waals surface area contributed by atoms with Gasteiger partial charge in [-0.1, -0.05) is 50.6 Å². The number of anilines is 1. The summed E-state index contributed by atoms with van der Waals surface area (Å²) in [6.45, 7) is 6.67. The van der Waals surface area contributed by atoms with Gasteiger partial charge >= 0.3 is 0 Å². The third-order valence-corrected chi connectivity index (χ3v) is 8.20. The maximum Gasteiger partial charge on any atom is 0.264 e. The summed E-state index contributed by atoms with van der Waals surface area (Å²) in [5.41, 5.74) is 1.61. The second kappa shape index (κ2) is 12.2. The smallest absolute Gasteiger partial charge is 0.264 e. The number of rotatable bonds is 11. The molecule has 1 N–H and O–H groups in total. The molecule has 33 heavy (non-hydrogen) atoms. The predicted octanol–water partition coefficient (Wildman–Crippen LogP) is 4.22. The van der Waals surface area contributed by atoms with E-state index >= 15 is 0 Å². The number of amides is 1. The van der Waals surface area contributed by atoms with Crippen molar-refractivity contribution in [2.24, 2.45) is 0 Å². The molecule has 1 saturated heterocycles. The molecular weight excluding hydrogens is 434 g/mol. The lowest BCUT2D eigenvalue weighted by Crippen LogP contribution is -2.43. The highest BCUT2D eigenvalue weighted by molar-refractivity contribution is 7.92. The number of likely N-dealkylation sites (tertiary alicyclic amines) is 1. The van der Waals surface area contributed by atoms with Gasteiger partial charge in [0.05, 0.1) is 10.6 Å². The highest BCUT2D eigenvalue weighted by Crippen LogP contribution is 2.24. The van der Waals surface area contributed by atoms with Crippen molar-refractivity contribution in [1.82, 2.24) is 10.2 Å². The van der Waals surface area contributed by atoms with Crippen LogP contribution in [0.1, 0.15) is 51.5 Å². The minimum Gasteiger partial charge on any atom is -0.354 e. The van der Waals surface area contributed by atoms with Crippen molar-refractivity contribution < 1.29 is 13.2 Å². The average Bonchev–Trinajstić information content (AvgIpc) is 2.86. The van der Waals surface area contributed by atoms with E-state index in [4.69, 9.17) is 0 Å². The third kappa shape index (κ3) is 6.81. The van der Waals surface area contributed by atoms with Gasteiger partial charge in [0.25, 0.3) is 10.0 Å². The van der Waals surface area contributed by atoms with E-state index in [1.165, 1.54) is 23.6 Å². The van der Waals surface area contributed by atoms with E-state index in [9.17, 15) is 13.2 Å². The number of sulfonamides is 1. The molecule has 7 heteroatoms. The molecule has 2 aromatic carbocycles. The van der Waals surface area contributed by atoms with Crippen LogP contribution in [0.5, 0.6) is 0 Å². The van der Waals surface area contributed by atoms with E-state index in [1.807, 2.05) is 19.1 Å². The van der Waals surface area contributed by atoms with Gasteiger partial charge in [-0.15, -0.1) is 0 Å². The maximum atomic E-state index is 13.4. The van der Waals surface area contributed by atoms with Crippen molar-refractivity contribution in [3.63, 3.8) is 0 Å². The number of carbonyl (C=O) groups excluding carboxylic acids is 1. The van der Waals surface area contributed by atoms with Crippen LogP contribution >= 0.6 is 0 Å². The van der Waals surface area contributed by atoms with Gasteiger partial charge in [0.2, 0.25) is 5.91 Å². The summed E-state index contributed by atoms with van der Waals surface area (Å²) >= 11 is 0. The fourth-order valence-corrected chi connectivity index (χ4v) is 5.89. The highest BCUT2D eigenvalue weighted by atomic mass is 32.2. The number of hydrogen-bond acceptors (Lipinski definition) is 4. The van der Waals surface area contributed by atoms with Crippen molar-refractivity contribution in [3.8, 4) is 0 Å². The van der Waals surface area contributed by atoms with Crippen LogP contribution < -0.4 is 9.62 Å². The minimum absolute atomic E-state index is 0.174. The zero-order valence-corrected chi connectivity index (χ0v) is 20.7. The molecule has 1 aliphatic heterocycles. The average molecular weight is 472 g/mol. The summed E-state index contributed by atoms with van der Waals surface area (Å²) in [6, 6.07) is 16.3. The molecule has 0 spiro atoms. The fourth-order valence-electron chi connectivity index (χ4n) is 4.45. The third-order valence-electron chi connectivity index (χ3n) is 6.42. The Morgan fingerprint density at radius 3 is 2.45 bits per heavy atom. The van der Waals surface area contributed by atoms with E-state index in [0.717, 1.165) is 37.9 Å². The van der Waals surface area contributed by atoms with Crippen LogP contribution in [-0.4, -0.2) is 51.4 Å². The molecule has 1 atom stereocenters. The summed E-state index contributed by atoms with van der Waals surface area (Å²) in [5.74, 6) is -0.292. The SMILES string of the molecule is CCc1ccc(N(CC(=O)NCCCN2CCCCC2CC)S(=O)(=O)c2ccccc2)cc1. The van der Waals surface area contributed by atoms with Crippen LogP contribution in [0.3, 0.4) is 0 Å². The first kappa shape index (κ1) is 25.2. The van der Waals surface area contributed by atoms with Gasteiger partial charge in [-0.2, -0.15) is 0 Å². The van der Waals surface area contributed by atoms with Gasteiger partial charge in [-0.05, 0) is 68.5 Å². The van der Waals surface area contributed by atoms with Crippen LogP contribution in [0, 0.1) is 0 Å². The maximum absolute atomic E-state index is 13.4. The molecule has 0 aliphatic carbocycles. The van der Waals surface area contributed by atoms with E-state index in [2.05, 4.69) is 17.1 Å². The number of piperidine rings is 1. The second-order valence-corrected chi connectivity index (χ2v) is 10.5. The Kier molecular flexibility index (Phi) is 9.32. The Hall–Kier alpha value is -2.38. The van der Waals surface area contributed by atoms with Crippen LogP contribution in [0.2, 0.25) is 0 Å². The molecule has 1 heterocycles. The molecule has 1 amide bonds. The van der Waals surface area contributed by atoms with Gasteiger partial charge in [-0.3, -0.25) is 9.10 Å². The van der Waals surface area contributed by atoms with E-state index < -0.39 is 10.0 Å². The van der Waals surface area contributed by atoms with Crippen molar-refractivity contribution in [2.75, 3.05) is 30.5 Å². The van der Waals surface area contributed by atoms with Crippen molar-refractivity contribution in [2.45, 2.75) is 63.3 Å². The Labute approximate surface area is 199 Å². The van der Waals surface area contributed by atoms with Crippen LogP contribution in [0.15, 0.2) is 59.5 Å². The first-order valence-corrected chi connectivity index (χ1v) is 13.6. The standard InChI is InChI=1S/C26H37N3O3S/c1-3-22-14-16-24(17-15-22)29(33(31,32)25-12-6-5-7-13-25)21-26(30)27-18-10-20-28-19-9-8-11-23(28)4-2/h5-7,12-17,23H,3-4,8-11,18-21H2,1-2H3,(H,27,30). The van der Waals surface area contributed by atoms with Crippen LogP contribution in [-0.2, 0) is 21.2 Å². The molecule has 0 aromatic heterocycles. The summed E-state index contributed by atoms with van der Waals surface area (Å²) in [7, 11) is -3.86. The Morgan fingerprint density at radius 2 is 1.79 bits per heavy atom. The molecule has 180 valence electrons. The summed E-state index contributed by atoms with van der Waals surface area (Å²) in [6.07, 6.45) is 6.69. The molecule has 3 rings (SSSR count). The Balaban J connectivity index is 1.65. The number of hydrogen-bond donors (Lipinski definition) is 1. The van der Waals surface area contributed by atoms with Gasteiger partial charge in [-0.25, -0.2) is 8.42 Å². The molecule has 0 bridgehead atoms. The number of benzene rings is 2. The molecule has 0 radical (unpaired) electrons. The Bertz CT molecular complexity index is 978. The lowest BCUT2D eigenvalue weighted by atomic mass is 10.00. The van der Waals surface area contributed by atoms with E-state index in [0.29, 0.717) is 18.3 Å². The lowest BCUT2D eigenvalue weighted by Gasteiger charge is -2.35. The van der Waals surface area contributed by atoms with Crippen molar-refractivity contribution >= 4 is 21.6 Å². The molecule has 1 unspecified atom stereocenters. The van der Waals surface area contributed by atoms with Crippen LogP contribution in [0.4, 0.5) is 5.69 Å². The first-order chi connectivity index (χ1) is 16.0. The lowest BCUT2D eigenvalue weighted by molar-refractivity contribution is -0.119. The first-order valence-electron chi connectivity index (χ1n) is 12.1. The summed E-state index contributed by atoms with van der Waals surface area (Å²) < 4.78 is 27.9. The number of carbonyl (C=O) groups is 1. The molecular formula is C26H37N3O3S. The molecule has 6 nitrogen and oxygen atoms in total. The van der Waals surface area contributed by atoms with E-state index in [-0.39, 0.29) is 17.3 Å². The topological polar surface area (TPSA) is 69.7 Å². The molecule has 1 aliphatic rings. The van der Waals surface area contributed by atoms with Crippen molar-refractivity contribution in [1.29, 1.82) is 0 Å². The monoisotopic (exact) mass is 471 g/mol. The quantitative estimate of drug-likeness (QED) is 0.498. The largest absolute Gasteiger partial charge is 0.354 e. The number of nitrogens with one attached hydrogen (secondary N) is 1.